The van der Waals surface area contributed by atoms with E-state index >= 15 is 0 Å². The standard InChI is InChI=1S/C14H20N2O2S/c1-10-2-4-12(8-10)16-19(17,18)13-5-3-11-6-7-15-14(11)9-13/h3,5,9-10,12,15-16H,2,4,6-8H2,1H3. The molecule has 5 heteroatoms. The molecule has 1 aliphatic heterocycles. The molecule has 1 saturated carbocycles. The van der Waals surface area contributed by atoms with Crippen molar-refractivity contribution in [2.75, 3.05) is 11.9 Å². The van der Waals surface area contributed by atoms with Crippen LogP contribution in [-0.4, -0.2) is 21.0 Å². The number of benzene rings is 1. The minimum atomic E-state index is -3.38. The van der Waals surface area contributed by atoms with Gasteiger partial charge in [-0.25, -0.2) is 13.1 Å². The number of hydrogen-bond acceptors (Lipinski definition) is 3. The SMILES string of the molecule is CC1CCC(NS(=O)(=O)c2ccc3c(c2)NCC3)C1. The molecule has 1 fully saturated rings. The molecule has 2 unspecified atom stereocenters. The van der Waals surface area contributed by atoms with E-state index in [1.54, 1.807) is 12.1 Å². The van der Waals surface area contributed by atoms with Gasteiger partial charge in [0.15, 0.2) is 0 Å². The largest absolute Gasteiger partial charge is 0.384 e. The molecule has 2 atom stereocenters. The predicted octanol–water partition coefficient (Wildman–Crippen LogP) is 2.12. The van der Waals surface area contributed by atoms with E-state index in [0.29, 0.717) is 10.8 Å². The maximum atomic E-state index is 12.4. The molecule has 1 aromatic carbocycles. The molecule has 1 aromatic rings. The number of nitrogens with one attached hydrogen (secondary N) is 2. The quantitative estimate of drug-likeness (QED) is 0.891. The molecule has 19 heavy (non-hydrogen) atoms. The van der Waals surface area contributed by atoms with Crippen LogP contribution >= 0.6 is 0 Å². The van der Waals surface area contributed by atoms with Crippen molar-refractivity contribution in [1.82, 2.24) is 4.72 Å². The molecule has 3 rings (SSSR count). The van der Waals surface area contributed by atoms with E-state index < -0.39 is 10.0 Å². The Labute approximate surface area is 114 Å². The zero-order valence-electron chi connectivity index (χ0n) is 11.1. The molecular formula is C14H20N2O2S. The lowest BCUT2D eigenvalue weighted by Gasteiger charge is -2.13. The molecule has 2 aliphatic rings. The Balaban J connectivity index is 1.80. The Kier molecular flexibility index (Phi) is 3.27. The van der Waals surface area contributed by atoms with Crippen molar-refractivity contribution in [3.8, 4) is 0 Å². The Morgan fingerprint density at radius 3 is 2.89 bits per heavy atom. The summed E-state index contributed by atoms with van der Waals surface area (Å²) in [4.78, 5) is 0.375. The molecule has 0 amide bonds. The van der Waals surface area contributed by atoms with Gasteiger partial charge in [0.25, 0.3) is 0 Å². The van der Waals surface area contributed by atoms with Crippen LogP contribution in [0.4, 0.5) is 5.69 Å². The van der Waals surface area contributed by atoms with Crippen LogP contribution < -0.4 is 10.0 Å². The molecule has 104 valence electrons. The second-order valence-electron chi connectivity index (χ2n) is 5.73. The molecular weight excluding hydrogens is 260 g/mol. The van der Waals surface area contributed by atoms with E-state index in [-0.39, 0.29) is 6.04 Å². The highest BCUT2D eigenvalue weighted by Crippen LogP contribution is 2.28. The fraction of sp³-hybridized carbons (Fsp3) is 0.571. The highest BCUT2D eigenvalue weighted by atomic mass is 32.2. The molecule has 0 aromatic heterocycles. The molecule has 1 heterocycles. The average molecular weight is 280 g/mol. The second-order valence-corrected chi connectivity index (χ2v) is 7.45. The summed E-state index contributed by atoms with van der Waals surface area (Å²) in [5.41, 5.74) is 2.16. The topological polar surface area (TPSA) is 58.2 Å². The number of anilines is 1. The van der Waals surface area contributed by atoms with E-state index in [4.69, 9.17) is 0 Å². The summed E-state index contributed by atoms with van der Waals surface area (Å²) in [5.74, 6) is 0.620. The Morgan fingerprint density at radius 2 is 2.16 bits per heavy atom. The Morgan fingerprint density at radius 1 is 1.32 bits per heavy atom. The molecule has 0 bridgehead atoms. The number of fused-ring (bicyclic) bond motifs is 1. The van der Waals surface area contributed by atoms with E-state index in [2.05, 4.69) is 17.0 Å². The highest BCUT2D eigenvalue weighted by Gasteiger charge is 2.27. The zero-order valence-corrected chi connectivity index (χ0v) is 12.0. The van der Waals surface area contributed by atoms with Crippen molar-refractivity contribution >= 4 is 15.7 Å². The third-order valence-electron chi connectivity index (χ3n) is 4.12. The van der Waals surface area contributed by atoms with Crippen molar-refractivity contribution in [3.05, 3.63) is 23.8 Å². The van der Waals surface area contributed by atoms with Gasteiger partial charge in [0.1, 0.15) is 0 Å². The Bertz CT molecular complexity index is 583. The predicted molar refractivity (Wildman–Crippen MR) is 75.8 cm³/mol. The minimum absolute atomic E-state index is 0.0983. The summed E-state index contributed by atoms with van der Waals surface area (Å²) in [6, 6.07) is 5.48. The summed E-state index contributed by atoms with van der Waals surface area (Å²) < 4.78 is 27.5. The molecule has 4 nitrogen and oxygen atoms in total. The fourth-order valence-electron chi connectivity index (χ4n) is 3.04. The normalized spacial score (nSPS) is 26.2. The number of hydrogen-bond donors (Lipinski definition) is 2. The maximum absolute atomic E-state index is 12.4. The number of rotatable bonds is 3. The average Bonchev–Trinajstić information content (AvgIpc) is 2.96. The zero-order chi connectivity index (χ0) is 13.5. The van der Waals surface area contributed by atoms with Crippen molar-refractivity contribution in [1.29, 1.82) is 0 Å². The van der Waals surface area contributed by atoms with E-state index in [1.807, 2.05) is 6.07 Å². The Hall–Kier alpha value is -1.07. The first-order valence-corrected chi connectivity index (χ1v) is 8.42. The van der Waals surface area contributed by atoms with Gasteiger partial charge in [-0.2, -0.15) is 0 Å². The molecule has 0 spiro atoms. The lowest BCUT2D eigenvalue weighted by Crippen LogP contribution is -2.32. The summed E-state index contributed by atoms with van der Waals surface area (Å²) in [7, 11) is -3.38. The summed E-state index contributed by atoms with van der Waals surface area (Å²) in [6.45, 7) is 3.07. The summed E-state index contributed by atoms with van der Waals surface area (Å²) in [5, 5.41) is 3.22. The van der Waals surface area contributed by atoms with Crippen LogP contribution in [0, 0.1) is 5.92 Å². The van der Waals surface area contributed by atoms with Crippen molar-refractivity contribution in [3.63, 3.8) is 0 Å². The third kappa shape index (κ3) is 2.62. The van der Waals surface area contributed by atoms with Crippen LogP contribution in [0.15, 0.2) is 23.1 Å². The van der Waals surface area contributed by atoms with Gasteiger partial charge >= 0.3 is 0 Å². The van der Waals surface area contributed by atoms with Crippen LogP contribution in [0.1, 0.15) is 31.7 Å². The fourth-order valence-corrected chi connectivity index (χ4v) is 4.35. The third-order valence-corrected chi connectivity index (χ3v) is 5.64. The van der Waals surface area contributed by atoms with Crippen molar-refractivity contribution in [2.24, 2.45) is 5.92 Å². The first-order valence-electron chi connectivity index (χ1n) is 6.94. The van der Waals surface area contributed by atoms with Gasteiger partial charge in [-0.15, -0.1) is 0 Å². The van der Waals surface area contributed by atoms with Gasteiger partial charge in [-0.05, 0) is 49.3 Å². The second kappa shape index (κ2) is 4.80. The molecule has 0 radical (unpaired) electrons. The lowest BCUT2D eigenvalue weighted by molar-refractivity contribution is 0.538. The van der Waals surface area contributed by atoms with Crippen molar-refractivity contribution in [2.45, 2.75) is 43.5 Å². The van der Waals surface area contributed by atoms with Crippen LogP contribution in [0.5, 0.6) is 0 Å². The van der Waals surface area contributed by atoms with Crippen LogP contribution in [0.25, 0.3) is 0 Å². The van der Waals surface area contributed by atoms with E-state index in [9.17, 15) is 8.42 Å². The van der Waals surface area contributed by atoms with Gasteiger partial charge in [0, 0.05) is 18.3 Å². The van der Waals surface area contributed by atoms with Gasteiger partial charge < -0.3 is 5.32 Å². The van der Waals surface area contributed by atoms with Crippen LogP contribution in [-0.2, 0) is 16.4 Å². The maximum Gasteiger partial charge on any atom is 0.240 e. The van der Waals surface area contributed by atoms with Gasteiger partial charge in [-0.3, -0.25) is 0 Å². The lowest BCUT2D eigenvalue weighted by atomic mass is 10.1. The van der Waals surface area contributed by atoms with E-state index in [1.165, 1.54) is 5.56 Å². The monoisotopic (exact) mass is 280 g/mol. The summed E-state index contributed by atoms with van der Waals surface area (Å²) >= 11 is 0. The molecule has 1 aliphatic carbocycles. The highest BCUT2D eigenvalue weighted by molar-refractivity contribution is 7.89. The van der Waals surface area contributed by atoms with Crippen LogP contribution in [0.2, 0.25) is 0 Å². The first-order chi connectivity index (χ1) is 9.04. The van der Waals surface area contributed by atoms with Gasteiger partial charge in [0.05, 0.1) is 4.90 Å². The van der Waals surface area contributed by atoms with Gasteiger partial charge in [-0.1, -0.05) is 13.0 Å². The minimum Gasteiger partial charge on any atom is -0.384 e. The molecule has 0 saturated heterocycles. The van der Waals surface area contributed by atoms with Crippen LogP contribution in [0.3, 0.4) is 0 Å². The smallest absolute Gasteiger partial charge is 0.240 e. The number of sulfonamides is 1. The van der Waals surface area contributed by atoms with Gasteiger partial charge in [0.2, 0.25) is 10.0 Å². The van der Waals surface area contributed by atoms with Crippen molar-refractivity contribution < 1.29 is 8.42 Å². The molecule has 2 N–H and O–H groups in total. The first kappa shape index (κ1) is 12.9. The van der Waals surface area contributed by atoms with E-state index in [0.717, 1.165) is 37.9 Å². The summed E-state index contributed by atoms with van der Waals surface area (Å²) in [6.07, 6.45) is 3.98.